The summed E-state index contributed by atoms with van der Waals surface area (Å²) in [5, 5.41) is 22.8. The van der Waals surface area contributed by atoms with Gasteiger partial charge in [-0.3, -0.25) is 4.74 Å². The Morgan fingerprint density at radius 3 is 2.90 bits per heavy atom. The summed E-state index contributed by atoms with van der Waals surface area (Å²) in [4.78, 5) is 7.71. The number of hydrogen-bond acceptors (Lipinski definition) is 9. The molecule has 2 fully saturated rings. The van der Waals surface area contributed by atoms with Gasteiger partial charge in [0.25, 0.3) is 5.79 Å². The van der Waals surface area contributed by atoms with Crippen LogP contribution >= 0.6 is 0 Å². The van der Waals surface area contributed by atoms with Crippen LogP contribution in [-0.2, 0) is 15.3 Å². The number of ether oxygens (including phenoxy) is 2. The SMILES string of the molecule is Nc1nc(N)c2ncc(C34O[C@H](CO)[C@@H](O)[C@]3(F)O4)n2n1. The molecule has 21 heavy (non-hydrogen) atoms. The van der Waals surface area contributed by atoms with Crippen LogP contribution in [0.2, 0.25) is 0 Å². The maximum atomic E-state index is 14.6. The molecule has 0 saturated carbocycles. The maximum Gasteiger partial charge on any atom is 0.301 e. The summed E-state index contributed by atoms with van der Waals surface area (Å²) in [5.74, 6) is -4.51. The average Bonchev–Trinajstić information content (AvgIpc) is 2.76. The van der Waals surface area contributed by atoms with E-state index in [2.05, 4.69) is 15.1 Å². The normalized spacial score (nSPS) is 37.9. The first-order chi connectivity index (χ1) is 9.93. The number of epoxide rings is 1. The molecule has 11 heteroatoms. The Morgan fingerprint density at radius 1 is 1.48 bits per heavy atom. The van der Waals surface area contributed by atoms with Gasteiger partial charge in [0.05, 0.1) is 12.8 Å². The number of fused-ring (bicyclic) bond motifs is 2. The predicted octanol–water partition coefficient (Wildman–Crippen LogP) is -2.11. The molecule has 0 bridgehead atoms. The van der Waals surface area contributed by atoms with Gasteiger partial charge in [0.15, 0.2) is 11.5 Å². The second kappa shape index (κ2) is 3.57. The number of anilines is 2. The zero-order valence-electron chi connectivity index (χ0n) is 10.5. The highest BCUT2D eigenvalue weighted by atomic mass is 19.2. The van der Waals surface area contributed by atoms with Crippen LogP contribution in [0.1, 0.15) is 5.69 Å². The average molecular weight is 298 g/mol. The number of halogens is 1. The number of rotatable bonds is 2. The van der Waals surface area contributed by atoms with Crippen LogP contribution in [0, 0.1) is 0 Å². The van der Waals surface area contributed by atoms with Crippen molar-refractivity contribution in [3.8, 4) is 0 Å². The maximum absolute atomic E-state index is 14.6. The summed E-state index contributed by atoms with van der Waals surface area (Å²) in [5.41, 5.74) is 11.4. The Labute approximate surface area is 116 Å². The van der Waals surface area contributed by atoms with Crippen molar-refractivity contribution in [2.45, 2.75) is 23.8 Å². The van der Waals surface area contributed by atoms with Gasteiger partial charge in [-0.25, -0.2) is 13.9 Å². The molecule has 2 aliphatic heterocycles. The summed E-state index contributed by atoms with van der Waals surface area (Å²) in [7, 11) is 0. The van der Waals surface area contributed by atoms with Gasteiger partial charge in [-0.05, 0) is 0 Å². The highest BCUT2D eigenvalue weighted by molar-refractivity contribution is 5.61. The van der Waals surface area contributed by atoms with Crippen LogP contribution in [0.3, 0.4) is 0 Å². The lowest BCUT2D eigenvalue weighted by Crippen LogP contribution is -2.35. The van der Waals surface area contributed by atoms with E-state index < -0.39 is 30.5 Å². The Morgan fingerprint density at radius 2 is 2.24 bits per heavy atom. The molecule has 0 aliphatic carbocycles. The molecule has 10 nitrogen and oxygen atoms in total. The minimum absolute atomic E-state index is 0.00696. The lowest BCUT2D eigenvalue weighted by molar-refractivity contribution is -0.150. The quantitative estimate of drug-likeness (QED) is 0.455. The summed E-state index contributed by atoms with van der Waals surface area (Å²) < 4.78 is 26.0. The Bertz CT molecular complexity index is 754. The molecule has 4 heterocycles. The van der Waals surface area contributed by atoms with Gasteiger partial charge in [-0.1, -0.05) is 0 Å². The number of aliphatic hydroxyl groups excluding tert-OH is 2. The third kappa shape index (κ3) is 1.31. The molecule has 0 amide bonds. The number of aliphatic hydroxyl groups is 2. The fourth-order valence-corrected chi connectivity index (χ4v) is 2.63. The van der Waals surface area contributed by atoms with Gasteiger partial charge in [0.1, 0.15) is 17.9 Å². The molecule has 1 unspecified atom stereocenters. The number of imidazole rings is 1. The first-order valence-corrected chi connectivity index (χ1v) is 6.06. The Kier molecular flexibility index (Phi) is 2.15. The van der Waals surface area contributed by atoms with E-state index >= 15 is 0 Å². The highest BCUT2D eigenvalue weighted by Gasteiger charge is 2.86. The molecule has 6 N–H and O–H groups in total. The number of alkyl halides is 1. The molecule has 2 aromatic rings. The third-order valence-corrected chi connectivity index (χ3v) is 3.67. The number of nitrogen functional groups attached to an aromatic ring is 2. The molecule has 4 atom stereocenters. The van der Waals surface area contributed by atoms with Crippen molar-refractivity contribution in [1.29, 1.82) is 0 Å². The molecular weight excluding hydrogens is 287 g/mol. The van der Waals surface area contributed by atoms with Gasteiger partial charge in [0.2, 0.25) is 5.95 Å². The molecule has 2 aromatic heterocycles. The number of nitrogens with zero attached hydrogens (tertiary/aromatic N) is 4. The van der Waals surface area contributed by atoms with Gasteiger partial charge in [-0.15, -0.1) is 5.10 Å². The van der Waals surface area contributed by atoms with Crippen molar-refractivity contribution in [3.05, 3.63) is 11.9 Å². The smallest absolute Gasteiger partial charge is 0.301 e. The lowest BCUT2D eigenvalue weighted by Gasteiger charge is -2.15. The molecule has 0 spiro atoms. The van der Waals surface area contributed by atoms with Crippen molar-refractivity contribution in [3.63, 3.8) is 0 Å². The molecule has 4 rings (SSSR count). The summed E-state index contributed by atoms with van der Waals surface area (Å²) in [6.07, 6.45) is -1.51. The van der Waals surface area contributed by atoms with Crippen LogP contribution in [-0.4, -0.2) is 54.5 Å². The predicted molar refractivity (Wildman–Crippen MR) is 64.2 cm³/mol. The standard InChI is InChI=1S/C10H11FN6O4/c11-9-5(19)3(2-18)20-10(9,21-9)4-1-14-7-6(12)15-8(13)16-17(4)7/h1,3,5,18-19H,2H2,(H4,12,13,15,16)/t3-,5-,9+,10?/m1/s1. The molecular formula is C10H11FN6O4. The second-order valence-electron chi connectivity index (χ2n) is 4.88. The molecule has 0 aromatic carbocycles. The van der Waals surface area contributed by atoms with Crippen LogP contribution in [0.25, 0.3) is 5.65 Å². The van der Waals surface area contributed by atoms with Gasteiger partial charge in [-0.2, -0.15) is 4.98 Å². The topological polar surface area (TPSA) is 157 Å². The Hall–Kier alpha value is -2.08. The van der Waals surface area contributed by atoms with Crippen molar-refractivity contribution < 1.29 is 24.1 Å². The van der Waals surface area contributed by atoms with E-state index in [-0.39, 0.29) is 23.1 Å². The first kappa shape index (κ1) is 12.6. The zero-order valence-corrected chi connectivity index (χ0v) is 10.5. The number of hydrogen-bond donors (Lipinski definition) is 4. The minimum Gasteiger partial charge on any atom is -0.394 e. The van der Waals surface area contributed by atoms with Crippen molar-refractivity contribution in [1.82, 2.24) is 19.6 Å². The number of aromatic nitrogens is 4. The molecule has 2 saturated heterocycles. The van der Waals surface area contributed by atoms with Crippen molar-refractivity contribution in [2.75, 3.05) is 18.1 Å². The van der Waals surface area contributed by atoms with E-state index in [0.717, 1.165) is 4.52 Å². The van der Waals surface area contributed by atoms with E-state index in [0.29, 0.717) is 0 Å². The molecule has 112 valence electrons. The van der Waals surface area contributed by atoms with Crippen LogP contribution in [0.5, 0.6) is 0 Å². The van der Waals surface area contributed by atoms with Crippen LogP contribution < -0.4 is 11.5 Å². The Balaban J connectivity index is 1.89. The van der Waals surface area contributed by atoms with E-state index in [1.165, 1.54) is 6.20 Å². The second-order valence-corrected chi connectivity index (χ2v) is 4.88. The molecule has 2 aliphatic rings. The summed E-state index contributed by atoms with van der Waals surface area (Å²) >= 11 is 0. The van der Waals surface area contributed by atoms with Crippen LogP contribution in [0.15, 0.2) is 6.20 Å². The summed E-state index contributed by atoms with van der Waals surface area (Å²) in [6.45, 7) is -0.562. The zero-order chi connectivity index (χ0) is 15.0. The van der Waals surface area contributed by atoms with Crippen molar-refractivity contribution >= 4 is 17.4 Å². The molecule has 0 radical (unpaired) electrons. The third-order valence-electron chi connectivity index (χ3n) is 3.67. The number of nitrogens with two attached hydrogens (primary N) is 2. The van der Waals surface area contributed by atoms with Gasteiger partial charge >= 0.3 is 5.85 Å². The van der Waals surface area contributed by atoms with Gasteiger partial charge < -0.3 is 26.4 Å². The van der Waals surface area contributed by atoms with E-state index in [9.17, 15) is 9.50 Å². The van der Waals surface area contributed by atoms with E-state index in [1.807, 2.05) is 0 Å². The highest BCUT2D eigenvalue weighted by Crippen LogP contribution is 2.65. The summed E-state index contributed by atoms with van der Waals surface area (Å²) in [6, 6.07) is 0. The minimum atomic E-state index is -2.48. The largest absolute Gasteiger partial charge is 0.394 e. The van der Waals surface area contributed by atoms with Crippen LogP contribution in [0.4, 0.5) is 16.2 Å². The van der Waals surface area contributed by atoms with Crippen molar-refractivity contribution in [2.24, 2.45) is 0 Å². The van der Waals surface area contributed by atoms with E-state index in [1.54, 1.807) is 0 Å². The lowest BCUT2D eigenvalue weighted by atomic mass is 10.1. The van der Waals surface area contributed by atoms with E-state index in [4.69, 9.17) is 26.0 Å². The fraction of sp³-hybridized carbons (Fsp3) is 0.500. The first-order valence-electron chi connectivity index (χ1n) is 6.06. The van der Waals surface area contributed by atoms with Gasteiger partial charge in [0, 0.05) is 0 Å². The monoisotopic (exact) mass is 298 g/mol. The fourth-order valence-electron chi connectivity index (χ4n) is 2.63.